The number of rotatable bonds is 8. The van der Waals surface area contributed by atoms with Crippen molar-refractivity contribution in [2.75, 3.05) is 19.7 Å². The van der Waals surface area contributed by atoms with Crippen LogP contribution in [0.25, 0.3) is 0 Å². The summed E-state index contributed by atoms with van der Waals surface area (Å²) in [5, 5.41) is 12.1. The number of carbonyl (C=O) groups excluding carboxylic acids is 2. The lowest BCUT2D eigenvalue weighted by molar-refractivity contribution is -0.139. The predicted molar refractivity (Wildman–Crippen MR) is 80.6 cm³/mol. The maximum Gasteiger partial charge on any atom is 0.242 e. The number of amides is 2. The summed E-state index contributed by atoms with van der Waals surface area (Å²) in [5.41, 5.74) is 0. The van der Waals surface area contributed by atoms with E-state index in [0.29, 0.717) is 12.5 Å². The van der Waals surface area contributed by atoms with E-state index >= 15 is 0 Å². The van der Waals surface area contributed by atoms with Crippen LogP contribution in [-0.4, -0.2) is 47.6 Å². The minimum absolute atomic E-state index is 0.0134. The van der Waals surface area contributed by atoms with Crippen molar-refractivity contribution in [1.29, 1.82) is 0 Å². The Balaban J connectivity index is 1.82. The molecule has 2 amide bonds. The van der Waals surface area contributed by atoms with Crippen LogP contribution < -0.4 is 5.32 Å². The number of aliphatic hydroxyl groups excluding tert-OH is 1. The summed E-state index contributed by atoms with van der Waals surface area (Å²) in [6.45, 7) is 3.60. The average molecular weight is 296 g/mol. The Morgan fingerprint density at radius 3 is 2.67 bits per heavy atom. The molecule has 21 heavy (non-hydrogen) atoms. The number of nitrogens with one attached hydrogen (secondary N) is 1. The highest BCUT2D eigenvalue weighted by Gasteiger charge is 2.40. The number of hydrogen-bond acceptors (Lipinski definition) is 3. The van der Waals surface area contributed by atoms with Gasteiger partial charge in [-0.3, -0.25) is 9.59 Å². The summed E-state index contributed by atoms with van der Waals surface area (Å²) in [6, 6.07) is -0.269. The maximum atomic E-state index is 12.3. The fraction of sp³-hybridized carbons (Fsp3) is 0.875. The van der Waals surface area contributed by atoms with Crippen molar-refractivity contribution in [2.45, 2.75) is 57.9 Å². The van der Waals surface area contributed by atoms with Crippen LogP contribution >= 0.6 is 0 Å². The normalized spacial score (nSPS) is 23.1. The van der Waals surface area contributed by atoms with Gasteiger partial charge in [-0.15, -0.1) is 0 Å². The summed E-state index contributed by atoms with van der Waals surface area (Å²) in [4.78, 5) is 26.3. The van der Waals surface area contributed by atoms with Gasteiger partial charge in [-0.2, -0.15) is 0 Å². The SMILES string of the molecule is CCCC(CCO)CNC(=O)C1CCCN1C(=O)C1CC1. The van der Waals surface area contributed by atoms with Crippen molar-refractivity contribution in [3.63, 3.8) is 0 Å². The summed E-state index contributed by atoms with van der Waals surface area (Å²) in [6.07, 6.45) is 6.46. The Kier molecular flexibility index (Phi) is 6.03. The summed E-state index contributed by atoms with van der Waals surface area (Å²) >= 11 is 0. The molecule has 2 fully saturated rings. The molecule has 2 N–H and O–H groups in total. The molecule has 0 aromatic rings. The van der Waals surface area contributed by atoms with Crippen LogP contribution in [0.5, 0.6) is 0 Å². The molecule has 1 aliphatic carbocycles. The molecule has 1 saturated carbocycles. The number of nitrogens with zero attached hydrogens (tertiary/aromatic N) is 1. The molecule has 1 aliphatic heterocycles. The van der Waals surface area contributed by atoms with E-state index in [4.69, 9.17) is 5.11 Å². The third-order valence-electron chi connectivity index (χ3n) is 4.56. The molecule has 2 atom stereocenters. The van der Waals surface area contributed by atoms with Gasteiger partial charge in [0.15, 0.2) is 0 Å². The van der Waals surface area contributed by atoms with Gasteiger partial charge in [0.1, 0.15) is 6.04 Å². The molecule has 2 rings (SSSR count). The van der Waals surface area contributed by atoms with Crippen LogP contribution in [0, 0.1) is 11.8 Å². The van der Waals surface area contributed by atoms with Gasteiger partial charge >= 0.3 is 0 Å². The fourth-order valence-corrected chi connectivity index (χ4v) is 3.17. The van der Waals surface area contributed by atoms with Crippen LogP contribution in [0.1, 0.15) is 51.9 Å². The molecular weight excluding hydrogens is 268 g/mol. The van der Waals surface area contributed by atoms with Crippen molar-refractivity contribution in [2.24, 2.45) is 11.8 Å². The molecule has 2 aliphatic rings. The van der Waals surface area contributed by atoms with Gasteiger partial charge in [-0.1, -0.05) is 13.3 Å². The fourth-order valence-electron chi connectivity index (χ4n) is 3.17. The largest absolute Gasteiger partial charge is 0.396 e. The molecule has 5 heteroatoms. The maximum absolute atomic E-state index is 12.3. The van der Waals surface area contributed by atoms with E-state index in [1.807, 2.05) is 0 Å². The van der Waals surface area contributed by atoms with E-state index in [2.05, 4.69) is 12.2 Å². The van der Waals surface area contributed by atoms with Gasteiger partial charge in [-0.05, 0) is 44.4 Å². The van der Waals surface area contributed by atoms with Gasteiger partial charge in [0.25, 0.3) is 0 Å². The lowest BCUT2D eigenvalue weighted by Gasteiger charge is -2.25. The number of likely N-dealkylation sites (tertiary alicyclic amines) is 1. The average Bonchev–Trinajstić information content (AvgIpc) is 3.21. The van der Waals surface area contributed by atoms with E-state index in [0.717, 1.165) is 51.5 Å². The Morgan fingerprint density at radius 1 is 1.29 bits per heavy atom. The molecule has 120 valence electrons. The van der Waals surface area contributed by atoms with E-state index in [9.17, 15) is 9.59 Å². The molecule has 0 spiro atoms. The van der Waals surface area contributed by atoms with Gasteiger partial charge < -0.3 is 15.3 Å². The highest BCUT2D eigenvalue weighted by Crippen LogP contribution is 2.33. The lowest BCUT2D eigenvalue weighted by atomic mass is 10.00. The first kappa shape index (κ1) is 16.3. The van der Waals surface area contributed by atoms with Crippen LogP contribution in [0.3, 0.4) is 0 Å². The number of hydrogen-bond donors (Lipinski definition) is 2. The van der Waals surface area contributed by atoms with E-state index < -0.39 is 0 Å². The zero-order valence-corrected chi connectivity index (χ0v) is 13.0. The monoisotopic (exact) mass is 296 g/mol. The second-order valence-corrected chi connectivity index (χ2v) is 6.38. The first-order valence-corrected chi connectivity index (χ1v) is 8.36. The molecule has 1 saturated heterocycles. The smallest absolute Gasteiger partial charge is 0.242 e. The standard InChI is InChI=1S/C16H28N2O3/c1-2-4-12(8-10-19)11-17-15(20)14-5-3-9-18(14)16(21)13-6-7-13/h12-14,19H,2-11H2,1H3,(H,17,20). The molecular formula is C16H28N2O3. The Labute approximate surface area is 127 Å². The highest BCUT2D eigenvalue weighted by molar-refractivity contribution is 5.89. The zero-order valence-electron chi connectivity index (χ0n) is 13.0. The Hall–Kier alpha value is -1.10. The number of carbonyl (C=O) groups is 2. The minimum atomic E-state index is -0.269. The van der Waals surface area contributed by atoms with Crippen LogP contribution in [0.2, 0.25) is 0 Å². The van der Waals surface area contributed by atoms with Crippen LogP contribution in [0.15, 0.2) is 0 Å². The predicted octanol–water partition coefficient (Wildman–Crippen LogP) is 1.30. The van der Waals surface area contributed by atoms with Crippen molar-refractivity contribution in [1.82, 2.24) is 10.2 Å². The van der Waals surface area contributed by atoms with Crippen molar-refractivity contribution in [3.05, 3.63) is 0 Å². The summed E-state index contributed by atoms with van der Waals surface area (Å²) < 4.78 is 0. The minimum Gasteiger partial charge on any atom is -0.396 e. The van der Waals surface area contributed by atoms with Gasteiger partial charge in [0.05, 0.1) is 0 Å². The highest BCUT2D eigenvalue weighted by atomic mass is 16.3. The van der Waals surface area contributed by atoms with Crippen molar-refractivity contribution in [3.8, 4) is 0 Å². The first-order valence-electron chi connectivity index (χ1n) is 8.36. The molecule has 0 bridgehead atoms. The first-order chi connectivity index (χ1) is 10.2. The Morgan fingerprint density at radius 2 is 2.05 bits per heavy atom. The molecule has 1 heterocycles. The third kappa shape index (κ3) is 4.43. The summed E-state index contributed by atoms with van der Waals surface area (Å²) in [5.74, 6) is 0.673. The Bertz CT molecular complexity index is 363. The quantitative estimate of drug-likeness (QED) is 0.709. The second kappa shape index (κ2) is 7.78. The molecule has 5 nitrogen and oxygen atoms in total. The zero-order chi connectivity index (χ0) is 15.2. The van der Waals surface area contributed by atoms with Crippen molar-refractivity contribution < 1.29 is 14.7 Å². The molecule has 2 unspecified atom stereocenters. The van der Waals surface area contributed by atoms with Gasteiger partial charge in [0, 0.05) is 25.6 Å². The van der Waals surface area contributed by atoms with Crippen LogP contribution in [0.4, 0.5) is 0 Å². The molecule has 0 aromatic heterocycles. The second-order valence-electron chi connectivity index (χ2n) is 6.38. The third-order valence-corrected chi connectivity index (χ3v) is 4.56. The lowest BCUT2D eigenvalue weighted by Crippen LogP contribution is -2.47. The molecule has 0 radical (unpaired) electrons. The van der Waals surface area contributed by atoms with E-state index in [1.165, 1.54) is 0 Å². The van der Waals surface area contributed by atoms with E-state index in [1.54, 1.807) is 4.90 Å². The molecule has 0 aromatic carbocycles. The van der Waals surface area contributed by atoms with Crippen LogP contribution in [-0.2, 0) is 9.59 Å². The summed E-state index contributed by atoms with van der Waals surface area (Å²) in [7, 11) is 0. The topological polar surface area (TPSA) is 69.6 Å². The number of aliphatic hydroxyl groups is 1. The van der Waals surface area contributed by atoms with E-state index in [-0.39, 0.29) is 30.4 Å². The van der Waals surface area contributed by atoms with Gasteiger partial charge in [0.2, 0.25) is 11.8 Å². The van der Waals surface area contributed by atoms with Crippen molar-refractivity contribution >= 4 is 11.8 Å². The van der Waals surface area contributed by atoms with Gasteiger partial charge in [-0.25, -0.2) is 0 Å².